The predicted molar refractivity (Wildman–Crippen MR) is 188 cm³/mol. The molecule has 1 N–H and O–H groups in total. The summed E-state index contributed by atoms with van der Waals surface area (Å²) in [6, 6.07) is 29.5. The van der Waals surface area contributed by atoms with Crippen molar-refractivity contribution in [3.8, 4) is 5.75 Å². The van der Waals surface area contributed by atoms with Crippen molar-refractivity contribution in [1.82, 2.24) is 10.2 Å². The highest BCUT2D eigenvalue weighted by Crippen LogP contribution is 2.34. The monoisotopic (exact) mass is 717 g/mol. The first-order valence-corrected chi connectivity index (χ1v) is 18.0. The van der Waals surface area contributed by atoms with Gasteiger partial charge in [-0.3, -0.25) is 13.9 Å². The molecular weight excluding hydrogens is 678 g/mol. The number of nitrogens with zero attached hydrogens (tertiary/aromatic N) is 2. The van der Waals surface area contributed by atoms with Crippen LogP contribution in [-0.2, 0) is 32.6 Å². The Morgan fingerprint density at radius 3 is 2.21 bits per heavy atom. The summed E-state index contributed by atoms with van der Waals surface area (Å²) in [5.74, 6) is -0.466. The van der Waals surface area contributed by atoms with Crippen LogP contribution in [0.1, 0.15) is 42.4 Å². The second-order valence-corrected chi connectivity index (χ2v) is 14.6. The maximum atomic E-state index is 14.7. The van der Waals surface area contributed by atoms with Crippen LogP contribution in [0.5, 0.6) is 5.75 Å². The molecular formula is C37H40BrN3O5S. The summed E-state index contributed by atoms with van der Waals surface area (Å²) >= 11 is 3.53. The highest BCUT2D eigenvalue weighted by Gasteiger charge is 2.36. The summed E-state index contributed by atoms with van der Waals surface area (Å²) in [6.45, 7) is 1.39. The minimum absolute atomic E-state index is 0.0368. The SMILES string of the molecule is COc1ccc(C)cc1N(CC(=O)N(Cc1cccc(Br)c1)C(Cc1ccccc1)C(=O)NC1CCCC1)S(=O)(=O)c1ccccc1. The van der Waals surface area contributed by atoms with E-state index >= 15 is 0 Å². The molecule has 0 bridgehead atoms. The molecule has 0 radical (unpaired) electrons. The van der Waals surface area contributed by atoms with Gasteiger partial charge in [-0.15, -0.1) is 0 Å². The number of carbonyl (C=O) groups excluding carboxylic acids is 2. The van der Waals surface area contributed by atoms with Crippen molar-refractivity contribution >= 4 is 43.5 Å². The Bertz CT molecular complexity index is 1780. The Balaban J connectivity index is 1.60. The minimum Gasteiger partial charge on any atom is -0.495 e. The van der Waals surface area contributed by atoms with E-state index in [1.807, 2.05) is 67.6 Å². The normalized spacial score (nSPS) is 13.9. The van der Waals surface area contributed by atoms with Crippen LogP contribution in [0.2, 0.25) is 0 Å². The zero-order valence-corrected chi connectivity index (χ0v) is 29.0. The molecule has 10 heteroatoms. The van der Waals surface area contributed by atoms with Gasteiger partial charge < -0.3 is 15.0 Å². The second kappa shape index (κ2) is 15.6. The van der Waals surface area contributed by atoms with E-state index in [-0.39, 0.29) is 35.5 Å². The molecule has 1 unspecified atom stereocenters. The van der Waals surface area contributed by atoms with Crippen molar-refractivity contribution in [2.24, 2.45) is 0 Å². The molecule has 8 nitrogen and oxygen atoms in total. The summed E-state index contributed by atoms with van der Waals surface area (Å²) in [7, 11) is -2.77. The zero-order valence-electron chi connectivity index (χ0n) is 26.6. The van der Waals surface area contributed by atoms with Crippen LogP contribution >= 0.6 is 15.9 Å². The number of ether oxygens (including phenoxy) is 1. The van der Waals surface area contributed by atoms with Gasteiger partial charge >= 0.3 is 0 Å². The fourth-order valence-corrected chi connectivity index (χ4v) is 7.87. The topological polar surface area (TPSA) is 96.0 Å². The molecule has 1 aliphatic carbocycles. The largest absolute Gasteiger partial charge is 0.495 e. The first-order valence-electron chi connectivity index (χ1n) is 15.8. The van der Waals surface area contributed by atoms with E-state index in [1.54, 1.807) is 30.3 Å². The van der Waals surface area contributed by atoms with E-state index in [1.165, 1.54) is 24.1 Å². The lowest BCUT2D eigenvalue weighted by Crippen LogP contribution is -2.54. The molecule has 4 aromatic carbocycles. The average Bonchev–Trinajstić information content (AvgIpc) is 3.59. The van der Waals surface area contributed by atoms with Crippen LogP contribution in [0.25, 0.3) is 0 Å². The standard InChI is InChI=1S/C37H40BrN3O5S/c1-27-20-21-35(46-2)33(22-27)41(47(44,45)32-18-7-4-8-19-32)26-36(42)40(25-29-14-11-15-30(38)23-29)34(24-28-12-5-3-6-13-28)37(43)39-31-16-9-10-17-31/h3-8,11-15,18-23,31,34H,9-10,16-17,24-26H2,1-2H3,(H,39,43). The Morgan fingerprint density at radius 1 is 0.894 bits per heavy atom. The van der Waals surface area contributed by atoms with Crippen molar-refractivity contribution in [3.05, 3.63) is 124 Å². The average molecular weight is 719 g/mol. The van der Waals surface area contributed by atoms with Gasteiger partial charge in [-0.2, -0.15) is 0 Å². The van der Waals surface area contributed by atoms with E-state index in [0.717, 1.165) is 51.2 Å². The van der Waals surface area contributed by atoms with E-state index in [2.05, 4.69) is 21.2 Å². The van der Waals surface area contributed by atoms with E-state index in [4.69, 9.17) is 4.74 Å². The van der Waals surface area contributed by atoms with Crippen molar-refractivity contribution in [3.63, 3.8) is 0 Å². The number of sulfonamides is 1. The molecule has 1 saturated carbocycles. The molecule has 47 heavy (non-hydrogen) atoms. The molecule has 1 atom stereocenters. The molecule has 2 amide bonds. The number of hydrogen-bond donors (Lipinski definition) is 1. The van der Waals surface area contributed by atoms with Crippen LogP contribution < -0.4 is 14.4 Å². The summed E-state index contributed by atoms with van der Waals surface area (Å²) in [6.07, 6.45) is 4.12. The Labute approximate surface area is 285 Å². The molecule has 5 rings (SSSR count). The molecule has 0 aromatic heterocycles. The third-order valence-corrected chi connectivity index (χ3v) is 10.7. The number of aryl methyl sites for hydroxylation is 1. The summed E-state index contributed by atoms with van der Waals surface area (Å²) < 4.78 is 36.2. The quantitative estimate of drug-likeness (QED) is 0.167. The highest BCUT2D eigenvalue weighted by molar-refractivity contribution is 9.10. The van der Waals surface area contributed by atoms with Gasteiger partial charge in [0.05, 0.1) is 17.7 Å². The number of benzene rings is 4. The zero-order chi connectivity index (χ0) is 33.4. The molecule has 1 fully saturated rings. The number of amides is 2. The number of halogens is 1. The summed E-state index contributed by atoms with van der Waals surface area (Å²) in [4.78, 5) is 30.5. The number of carbonyl (C=O) groups is 2. The highest BCUT2D eigenvalue weighted by atomic mass is 79.9. The maximum absolute atomic E-state index is 14.7. The smallest absolute Gasteiger partial charge is 0.264 e. The Hall–Kier alpha value is -4.15. The van der Waals surface area contributed by atoms with E-state index < -0.39 is 28.5 Å². The van der Waals surface area contributed by atoms with Gasteiger partial charge in [-0.05, 0) is 72.9 Å². The Morgan fingerprint density at radius 2 is 1.55 bits per heavy atom. The fourth-order valence-electron chi connectivity index (χ4n) is 5.98. The lowest BCUT2D eigenvalue weighted by atomic mass is 10.0. The van der Waals surface area contributed by atoms with Crippen LogP contribution in [-0.4, -0.2) is 50.9 Å². The van der Waals surface area contributed by atoms with Crippen LogP contribution in [0, 0.1) is 6.92 Å². The van der Waals surface area contributed by atoms with Gasteiger partial charge in [-0.1, -0.05) is 95.5 Å². The molecule has 4 aromatic rings. The lowest BCUT2D eigenvalue weighted by molar-refractivity contribution is -0.140. The van der Waals surface area contributed by atoms with Crippen molar-refractivity contribution in [1.29, 1.82) is 0 Å². The number of rotatable bonds is 13. The fraction of sp³-hybridized carbons (Fsp3) is 0.297. The number of hydrogen-bond acceptors (Lipinski definition) is 5. The second-order valence-electron chi connectivity index (χ2n) is 11.8. The van der Waals surface area contributed by atoms with Crippen LogP contribution in [0.15, 0.2) is 112 Å². The number of anilines is 1. The van der Waals surface area contributed by atoms with Crippen molar-refractivity contribution in [2.75, 3.05) is 18.0 Å². The van der Waals surface area contributed by atoms with Crippen LogP contribution in [0.3, 0.4) is 0 Å². The number of methoxy groups -OCH3 is 1. The first kappa shape index (κ1) is 34.2. The van der Waals surface area contributed by atoms with Crippen molar-refractivity contribution < 1.29 is 22.7 Å². The van der Waals surface area contributed by atoms with Crippen LogP contribution in [0.4, 0.5) is 5.69 Å². The van der Waals surface area contributed by atoms with Gasteiger partial charge in [0.15, 0.2) is 0 Å². The van der Waals surface area contributed by atoms with Crippen molar-refractivity contribution in [2.45, 2.75) is 62.6 Å². The minimum atomic E-state index is -4.24. The van der Waals surface area contributed by atoms with Gasteiger partial charge in [0.2, 0.25) is 11.8 Å². The van der Waals surface area contributed by atoms with Gasteiger partial charge in [0.25, 0.3) is 10.0 Å². The predicted octanol–water partition coefficient (Wildman–Crippen LogP) is 6.66. The van der Waals surface area contributed by atoms with Gasteiger partial charge in [0.1, 0.15) is 18.3 Å². The number of nitrogens with one attached hydrogen (secondary N) is 1. The van der Waals surface area contributed by atoms with E-state index in [9.17, 15) is 18.0 Å². The lowest BCUT2D eigenvalue weighted by Gasteiger charge is -2.34. The Kier molecular flexibility index (Phi) is 11.4. The molecule has 0 spiro atoms. The third kappa shape index (κ3) is 8.61. The maximum Gasteiger partial charge on any atom is 0.264 e. The summed E-state index contributed by atoms with van der Waals surface area (Å²) in [5, 5.41) is 3.20. The molecule has 0 saturated heterocycles. The van der Waals surface area contributed by atoms with Gasteiger partial charge in [-0.25, -0.2) is 8.42 Å². The first-order chi connectivity index (χ1) is 22.7. The van der Waals surface area contributed by atoms with Gasteiger partial charge in [0, 0.05) is 23.5 Å². The molecule has 246 valence electrons. The third-order valence-electron chi connectivity index (χ3n) is 8.43. The molecule has 0 aliphatic heterocycles. The summed E-state index contributed by atoms with van der Waals surface area (Å²) in [5.41, 5.74) is 2.72. The van der Waals surface area contributed by atoms with E-state index in [0.29, 0.717) is 5.75 Å². The molecule has 1 aliphatic rings. The molecule has 0 heterocycles.